The van der Waals surface area contributed by atoms with Gasteiger partial charge in [0.25, 0.3) is 0 Å². The van der Waals surface area contributed by atoms with E-state index in [-0.39, 0.29) is 18.3 Å². The number of carbonyl (C=O) groups excluding carboxylic acids is 3. The van der Waals surface area contributed by atoms with Crippen LogP contribution in [0.4, 0.5) is 0 Å². The van der Waals surface area contributed by atoms with Crippen molar-refractivity contribution in [2.24, 2.45) is 17.3 Å². The maximum atomic E-state index is 11.9. The molecule has 0 aliphatic heterocycles. The van der Waals surface area contributed by atoms with Gasteiger partial charge in [0, 0.05) is 5.92 Å². The zero-order valence-corrected chi connectivity index (χ0v) is 10.7. The summed E-state index contributed by atoms with van der Waals surface area (Å²) in [6.45, 7) is 5.35. The number of aldehydes is 1. The van der Waals surface area contributed by atoms with Crippen LogP contribution in [0.5, 0.6) is 0 Å². The van der Waals surface area contributed by atoms with Crippen LogP contribution < -0.4 is 0 Å². The summed E-state index contributed by atoms with van der Waals surface area (Å²) < 4.78 is 4.95. The highest BCUT2D eigenvalue weighted by atomic mass is 16.5. The van der Waals surface area contributed by atoms with Crippen molar-refractivity contribution in [3.8, 4) is 0 Å². The fourth-order valence-corrected chi connectivity index (χ4v) is 2.70. The molecular formula is C13H20O4. The first-order chi connectivity index (χ1) is 8.07. The van der Waals surface area contributed by atoms with Gasteiger partial charge in [-0.1, -0.05) is 19.8 Å². The highest BCUT2D eigenvalue weighted by Crippen LogP contribution is 2.61. The van der Waals surface area contributed by atoms with Crippen molar-refractivity contribution in [3.63, 3.8) is 0 Å². The van der Waals surface area contributed by atoms with Gasteiger partial charge in [0.05, 0.1) is 6.61 Å². The lowest BCUT2D eigenvalue weighted by Gasteiger charge is -2.12. The zero-order valence-electron chi connectivity index (χ0n) is 10.7. The summed E-state index contributed by atoms with van der Waals surface area (Å²) in [6, 6.07) is 0. The molecular weight excluding hydrogens is 220 g/mol. The number of hydrogen-bond donors (Lipinski definition) is 0. The van der Waals surface area contributed by atoms with Gasteiger partial charge in [-0.15, -0.1) is 0 Å². The fraction of sp³-hybridized carbons (Fsp3) is 0.769. The molecule has 0 saturated heterocycles. The number of hydrogen-bond acceptors (Lipinski definition) is 4. The Morgan fingerprint density at radius 1 is 1.35 bits per heavy atom. The Hall–Kier alpha value is -1.19. The summed E-state index contributed by atoms with van der Waals surface area (Å²) in [5, 5.41) is 0. The summed E-state index contributed by atoms with van der Waals surface area (Å²) in [6.07, 6.45) is 3.37. The SMILES string of the molecule is CCCC[C@@H]1[C@@H](C=O)[C@]1(C(C)=O)C(=O)OCC. The highest BCUT2D eigenvalue weighted by molar-refractivity contribution is 6.10. The van der Waals surface area contributed by atoms with Gasteiger partial charge in [-0.2, -0.15) is 0 Å². The van der Waals surface area contributed by atoms with E-state index in [0.717, 1.165) is 25.5 Å². The van der Waals surface area contributed by atoms with Crippen LogP contribution in [0.1, 0.15) is 40.0 Å². The lowest BCUT2D eigenvalue weighted by molar-refractivity contribution is -0.155. The van der Waals surface area contributed by atoms with E-state index in [0.29, 0.717) is 0 Å². The van der Waals surface area contributed by atoms with Crippen molar-refractivity contribution >= 4 is 18.0 Å². The summed E-state index contributed by atoms with van der Waals surface area (Å²) in [4.78, 5) is 34.6. The summed E-state index contributed by atoms with van der Waals surface area (Å²) in [7, 11) is 0. The normalized spacial score (nSPS) is 30.8. The average Bonchev–Trinajstić information content (AvgIpc) is 2.95. The minimum atomic E-state index is -1.17. The van der Waals surface area contributed by atoms with Crippen LogP contribution in [0.25, 0.3) is 0 Å². The number of rotatable bonds is 7. The van der Waals surface area contributed by atoms with Crippen LogP contribution in [0, 0.1) is 17.3 Å². The smallest absolute Gasteiger partial charge is 0.320 e. The minimum absolute atomic E-state index is 0.156. The summed E-state index contributed by atoms with van der Waals surface area (Å²) in [5.41, 5.74) is -1.17. The standard InChI is InChI=1S/C13H20O4/c1-4-6-7-10-11(8-14)13(10,9(3)15)12(16)17-5-2/h8,10-11H,4-7H2,1-3H3/t10-,11-,13-/m1/s1. The lowest BCUT2D eigenvalue weighted by atomic mass is 9.95. The van der Waals surface area contributed by atoms with E-state index in [1.807, 2.05) is 6.92 Å². The number of ketones is 1. The Balaban J connectivity index is 2.89. The third-order valence-electron chi connectivity index (χ3n) is 3.65. The third kappa shape index (κ3) is 2.13. The molecule has 0 aromatic rings. The molecule has 17 heavy (non-hydrogen) atoms. The molecule has 0 radical (unpaired) electrons. The highest BCUT2D eigenvalue weighted by Gasteiger charge is 2.73. The molecule has 0 heterocycles. The quantitative estimate of drug-likeness (QED) is 0.386. The summed E-state index contributed by atoms with van der Waals surface area (Å²) in [5.74, 6) is -1.40. The Morgan fingerprint density at radius 2 is 2.00 bits per heavy atom. The van der Waals surface area contributed by atoms with E-state index in [2.05, 4.69) is 0 Å². The molecule has 4 nitrogen and oxygen atoms in total. The molecule has 1 fully saturated rings. The number of esters is 1. The van der Waals surface area contributed by atoms with Crippen LogP contribution in [0.3, 0.4) is 0 Å². The van der Waals surface area contributed by atoms with E-state index in [4.69, 9.17) is 4.74 Å². The van der Waals surface area contributed by atoms with E-state index < -0.39 is 17.3 Å². The van der Waals surface area contributed by atoms with Gasteiger partial charge in [-0.3, -0.25) is 9.59 Å². The molecule has 0 N–H and O–H groups in total. The Morgan fingerprint density at radius 3 is 2.41 bits per heavy atom. The fourth-order valence-electron chi connectivity index (χ4n) is 2.70. The van der Waals surface area contributed by atoms with Crippen molar-refractivity contribution < 1.29 is 19.1 Å². The Bertz CT molecular complexity index is 323. The molecule has 1 aliphatic rings. The van der Waals surface area contributed by atoms with E-state index >= 15 is 0 Å². The second-order valence-corrected chi connectivity index (χ2v) is 4.56. The number of unbranched alkanes of at least 4 members (excludes halogenated alkanes) is 1. The van der Waals surface area contributed by atoms with Gasteiger partial charge in [0.2, 0.25) is 0 Å². The molecule has 0 unspecified atom stereocenters. The largest absolute Gasteiger partial charge is 0.465 e. The van der Waals surface area contributed by atoms with Crippen LogP contribution in [-0.2, 0) is 19.1 Å². The van der Waals surface area contributed by atoms with Crippen LogP contribution >= 0.6 is 0 Å². The van der Waals surface area contributed by atoms with Crippen molar-refractivity contribution in [2.75, 3.05) is 6.61 Å². The second-order valence-electron chi connectivity index (χ2n) is 4.56. The number of Topliss-reactive ketones (excluding diaryl/α,β-unsaturated/α-hetero) is 1. The van der Waals surface area contributed by atoms with Crippen LogP contribution in [0.15, 0.2) is 0 Å². The first-order valence-electron chi connectivity index (χ1n) is 6.20. The van der Waals surface area contributed by atoms with Crippen molar-refractivity contribution in [1.82, 2.24) is 0 Å². The van der Waals surface area contributed by atoms with Crippen molar-refractivity contribution in [3.05, 3.63) is 0 Å². The molecule has 0 bridgehead atoms. The molecule has 3 atom stereocenters. The topological polar surface area (TPSA) is 60.4 Å². The maximum Gasteiger partial charge on any atom is 0.320 e. The Labute approximate surface area is 102 Å². The van der Waals surface area contributed by atoms with Gasteiger partial charge >= 0.3 is 5.97 Å². The zero-order chi connectivity index (χ0) is 13.1. The lowest BCUT2D eigenvalue weighted by Crippen LogP contribution is -2.30. The van der Waals surface area contributed by atoms with Gasteiger partial charge in [0.15, 0.2) is 0 Å². The van der Waals surface area contributed by atoms with Crippen LogP contribution in [-0.4, -0.2) is 24.6 Å². The molecule has 1 saturated carbocycles. The molecule has 4 heteroatoms. The molecule has 1 aliphatic carbocycles. The third-order valence-corrected chi connectivity index (χ3v) is 3.65. The average molecular weight is 240 g/mol. The number of ether oxygens (including phenoxy) is 1. The maximum absolute atomic E-state index is 11.9. The molecule has 1 rings (SSSR count). The molecule has 0 spiro atoms. The monoisotopic (exact) mass is 240 g/mol. The Kier molecular flexibility index (Phi) is 4.43. The van der Waals surface area contributed by atoms with Gasteiger partial charge in [0.1, 0.15) is 17.5 Å². The first kappa shape index (κ1) is 13.9. The first-order valence-corrected chi connectivity index (χ1v) is 6.20. The number of carbonyl (C=O) groups is 3. The molecule has 0 aromatic carbocycles. The van der Waals surface area contributed by atoms with Crippen LogP contribution in [0.2, 0.25) is 0 Å². The van der Waals surface area contributed by atoms with E-state index in [1.165, 1.54) is 6.92 Å². The molecule has 96 valence electrons. The summed E-state index contributed by atoms with van der Waals surface area (Å²) >= 11 is 0. The van der Waals surface area contributed by atoms with Crippen molar-refractivity contribution in [1.29, 1.82) is 0 Å². The van der Waals surface area contributed by atoms with E-state index in [1.54, 1.807) is 6.92 Å². The molecule has 0 amide bonds. The van der Waals surface area contributed by atoms with Gasteiger partial charge in [-0.25, -0.2) is 0 Å². The van der Waals surface area contributed by atoms with Gasteiger partial charge < -0.3 is 9.53 Å². The molecule has 0 aromatic heterocycles. The van der Waals surface area contributed by atoms with E-state index in [9.17, 15) is 14.4 Å². The second kappa shape index (κ2) is 5.43. The van der Waals surface area contributed by atoms with Gasteiger partial charge in [-0.05, 0) is 26.2 Å². The minimum Gasteiger partial charge on any atom is -0.465 e. The predicted octanol–water partition coefficient (Wildman–Crippen LogP) is 1.76. The van der Waals surface area contributed by atoms with Crippen molar-refractivity contribution in [2.45, 2.75) is 40.0 Å². The predicted molar refractivity (Wildman–Crippen MR) is 62.3 cm³/mol.